The van der Waals surface area contributed by atoms with Gasteiger partial charge < -0.3 is 10.1 Å². The molecule has 0 aliphatic carbocycles. The van der Waals surface area contributed by atoms with Crippen LogP contribution in [0.15, 0.2) is 16.6 Å². The molecule has 1 amide bonds. The van der Waals surface area contributed by atoms with E-state index in [-0.39, 0.29) is 5.92 Å². The van der Waals surface area contributed by atoms with Gasteiger partial charge in [-0.15, -0.1) is 11.3 Å². The number of nitrogens with zero attached hydrogens (tertiary/aromatic N) is 5. The summed E-state index contributed by atoms with van der Waals surface area (Å²) >= 11 is 1.43. The maximum absolute atomic E-state index is 13.0. The van der Waals surface area contributed by atoms with E-state index in [2.05, 4.69) is 15.2 Å². The zero-order chi connectivity index (χ0) is 20.3. The van der Waals surface area contributed by atoms with E-state index in [1.165, 1.54) is 22.5 Å². The fourth-order valence-electron chi connectivity index (χ4n) is 3.07. The second-order valence-electron chi connectivity index (χ2n) is 6.26. The largest absolute Gasteiger partial charge is 0.411 e. The predicted octanol–water partition coefficient (Wildman–Crippen LogP) is 3.43. The Labute approximate surface area is 161 Å². The summed E-state index contributed by atoms with van der Waals surface area (Å²) in [4.78, 5) is 18.3. The highest BCUT2D eigenvalue weighted by atomic mass is 32.1. The van der Waals surface area contributed by atoms with E-state index in [1.807, 2.05) is 0 Å². The minimum Gasteiger partial charge on any atom is -0.411 e. The predicted molar refractivity (Wildman–Crippen MR) is 92.2 cm³/mol. The summed E-state index contributed by atoms with van der Waals surface area (Å²) in [5, 5.41) is 17.5. The summed E-state index contributed by atoms with van der Waals surface area (Å²) in [6, 6.07) is 0.630. The first-order valence-electron chi connectivity index (χ1n) is 8.43. The van der Waals surface area contributed by atoms with E-state index < -0.39 is 36.7 Å². The maximum atomic E-state index is 13.0. The van der Waals surface area contributed by atoms with Crippen LogP contribution in [0.3, 0.4) is 0 Å². The number of alkyl halides is 4. The number of carbonyl (C=O) groups excluding carboxylic acids is 1. The lowest BCUT2D eigenvalue weighted by Gasteiger charge is -2.31. The van der Waals surface area contributed by atoms with Crippen molar-refractivity contribution >= 4 is 23.5 Å². The summed E-state index contributed by atoms with van der Waals surface area (Å²) in [6.07, 6.45) is -3.48. The molecule has 1 N–H and O–H groups in total. The molecule has 7 nitrogen and oxygen atoms in total. The van der Waals surface area contributed by atoms with Crippen LogP contribution in [0.2, 0.25) is 0 Å². The molecule has 0 atom stereocenters. The molecule has 12 heteroatoms. The van der Waals surface area contributed by atoms with Crippen molar-refractivity contribution < 1.29 is 27.6 Å². The van der Waals surface area contributed by atoms with Crippen molar-refractivity contribution in [2.75, 3.05) is 13.1 Å². The van der Waals surface area contributed by atoms with Gasteiger partial charge in [0.15, 0.2) is 0 Å². The van der Waals surface area contributed by atoms with Crippen molar-refractivity contribution in [1.82, 2.24) is 19.7 Å². The van der Waals surface area contributed by atoms with Crippen LogP contribution in [0.1, 0.15) is 53.7 Å². The van der Waals surface area contributed by atoms with Gasteiger partial charge in [-0.1, -0.05) is 5.16 Å². The first-order chi connectivity index (χ1) is 13.4. The molecule has 0 saturated carbocycles. The number of piperidine rings is 1. The fraction of sp³-hybridized carbons (Fsp3) is 0.500. The molecule has 2 aromatic heterocycles. The average molecular weight is 419 g/mol. The topological polar surface area (TPSA) is 83.6 Å². The Morgan fingerprint density at radius 2 is 2.04 bits per heavy atom. The molecule has 3 rings (SSSR count). The van der Waals surface area contributed by atoms with Gasteiger partial charge in [0.25, 0.3) is 12.9 Å². The number of likely N-dealkylation sites (tertiary alicyclic amines) is 1. The van der Waals surface area contributed by atoms with Crippen LogP contribution in [0, 0.1) is 0 Å². The molecule has 0 unspecified atom stereocenters. The van der Waals surface area contributed by atoms with Crippen LogP contribution >= 0.6 is 11.3 Å². The summed E-state index contributed by atoms with van der Waals surface area (Å²) in [7, 11) is 0. The van der Waals surface area contributed by atoms with Crippen molar-refractivity contribution in [3.8, 4) is 0 Å². The highest BCUT2D eigenvalue weighted by Gasteiger charge is 2.28. The number of rotatable bonds is 6. The highest BCUT2D eigenvalue weighted by Crippen LogP contribution is 2.30. The number of amides is 1. The number of hydrogen-bond donors (Lipinski definition) is 1. The average Bonchev–Trinajstić information content (AvgIpc) is 3.29. The van der Waals surface area contributed by atoms with Crippen molar-refractivity contribution in [3.63, 3.8) is 0 Å². The fourth-order valence-corrected chi connectivity index (χ4v) is 4.01. The zero-order valence-electron chi connectivity index (χ0n) is 14.5. The molecule has 152 valence electrons. The molecule has 28 heavy (non-hydrogen) atoms. The highest BCUT2D eigenvalue weighted by molar-refractivity contribution is 7.09. The minimum atomic E-state index is -3.00. The number of oxime groups is 1. The molecular formula is C16H17F4N5O2S. The van der Waals surface area contributed by atoms with Crippen LogP contribution in [0.5, 0.6) is 0 Å². The number of halogens is 4. The molecule has 1 saturated heterocycles. The summed E-state index contributed by atoms with van der Waals surface area (Å²) in [6.45, 7) is 0.296. The molecule has 0 bridgehead atoms. The normalized spacial score (nSPS) is 16.0. The Morgan fingerprint density at radius 3 is 2.64 bits per heavy atom. The first kappa shape index (κ1) is 20.2. The van der Waals surface area contributed by atoms with Crippen molar-refractivity contribution in [2.24, 2.45) is 5.16 Å². The van der Waals surface area contributed by atoms with E-state index in [1.54, 1.807) is 5.38 Å². The molecule has 2 aromatic rings. The van der Waals surface area contributed by atoms with Crippen LogP contribution in [-0.2, 0) is 11.3 Å². The Balaban J connectivity index is 1.61. The van der Waals surface area contributed by atoms with Crippen LogP contribution in [0.25, 0.3) is 0 Å². The summed E-state index contributed by atoms with van der Waals surface area (Å²) in [5.41, 5.74) is -0.916. The van der Waals surface area contributed by atoms with E-state index in [4.69, 9.17) is 5.21 Å². The van der Waals surface area contributed by atoms with Gasteiger partial charge in [-0.05, 0) is 18.9 Å². The minimum absolute atomic E-state index is 0.140. The zero-order valence-corrected chi connectivity index (χ0v) is 15.3. The maximum Gasteiger partial charge on any atom is 0.282 e. The van der Waals surface area contributed by atoms with Gasteiger partial charge in [-0.2, -0.15) is 5.10 Å². The molecule has 1 fully saturated rings. The standard InChI is InChI=1S/C16H17F4N5O2S/c17-14(18)11-5-12(15(19)20)25(23-11)7-13(26)24-3-1-9(2-4-24)16-22-10(6-21-27)8-28-16/h5-6,8-9,14-15,27H,1-4,7H2/b21-6+. The van der Waals surface area contributed by atoms with Crippen LogP contribution < -0.4 is 0 Å². The summed E-state index contributed by atoms with van der Waals surface area (Å²) < 4.78 is 52.2. The molecule has 1 aliphatic rings. The Morgan fingerprint density at radius 1 is 1.32 bits per heavy atom. The lowest BCUT2D eigenvalue weighted by molar-refractivity contribution is -0.133. The van der Waals surface area contributed by atoms with Crippen molar-refractivity contribution in [1.29, 1.82) is 0 Å². The van der Waals surface area contributed by atoms with Gasteiger partial charge in [0.2, 0.25) is 5.91 Å². The molecule has 0 aromatic carbocycles. The molecular weight excluding hydrogens is 402 g/mol. The van der Waals surface area contributed by atoms with Crippen molar-refractivity contribution in [3.05, 3.63) is 33.5 Å². The van der Waals surface area contributed by atoms with Gasteiger partial charge in [-0.25, -0.2) is 22.5 Å². The van der Waals surface area contributed by atoms with Crippen LogP contribution in [-0.4, -0.2) is 50.1 Å². The van der Waals surface area contributed by atoms with E-state index >= 15 is 0 Å². The SMILES string of the molecule is O=C(Cn1nc(C(F)F)cc1C(F)F)N1CCC(c2nc(/C=N/O)cs2)CC1. The number of carbonyl (C=O) groups is 1. The third kappa shape index (κ3) is 4.49. The van der Waals surface area contributed by atoms with E-state index in [0.29, 0.717) is 42.4 Å². The molecule has 0 radical (unpaired) electrons. The smallest absolute Gasteiger partial charge is 0.282 e. The second kappa shape index (κ2) is 8.67. The van der Waals surface area contributed by atoms with E-state index in [0.717, 1.165) is 5.01 Å². The van der Waals surface area contributed by atoms with Gasteiger partial charge >= 0.3 is 0 Å². The molecule has 3 heterocycles. The van der Waals surface area contributed by atoms with E-state index in [9.17, 15) is 22.4 Å². The van der Waals surface area contributed by atoms with Gasteiger partial charge in [-0.3, -0.25) is 9.48 Å². The quantitative estimate of drug-likeness (QED) is 0.337. The third-order valence-electron chi connectivity index (χ3n) is 4.49. The van der Waals surface area contributed by atoms with Crippen LogP contribution in [0.4, 0.5) is 17.6 Å². The molecule has 1 aliphatic heterocycles. The van der Waals surface area contributed by atoms with Gasteiger partial charge in [0.1, 0.15) is 17.9 Å². The van der Waals surface area contributed by atoms with Crippen molar-refractivity contribution in [2.45, 2.75) is 38.2 Å². The lowest BCUT2D eigenvalue weighted by atomic mass is 9.97. The lowest BCUT2D eigenvalue weighted by Crippen LogP contribution is -2.40. The number of aromatic nitrogens is 3. The second-order valence-corrected chi connectivity index (χ2v) is 7.15. The van der Waals surface area contributed by atoms with Gasteiger partial charge in [0, 0.05) is 24.4 Å². The Bertz CT molecular complexity index is 846. The third-order valence-corrected chi connectivity index (χ3v) is 5.51. The molecule has 0 spiro atoms. The van der Waals surface area contributed by atoms with Gasteiger partial charge in [0.05, 0.1) is 16.9 Å². The monoisotopic (exact) mass is 419 g/mol. The first-order valence-corrected chi connectivity index (χ1v) is 9.31. The Hall–Kier alpha value is -2.50. The number of hydrogen-bond acceptors (Lipinski definition) is 6. The Kier molecular flexibility index (Phi) is 6.27. The summed E-state index contributed by atoms with van der Waals surface area (Å²) in [5.74, 6) is -0.307. The number of thiazole rings is 1.